The first-order valence-electron chi connectivity index (χ1n) is 6.80. The number of carbonyl (C=O) groups is 1. The fourth-order valence-electron chi connectivity index (χ4n) is 2.02. The number of carbonyl (C=O) groups excluding carboxylic acids is 1. The first-order chi connectivity index (χ1) is 9.66. The Morgan fingerprint density at radius 3 is 2.35 bits per heavy atom. The third-order valence-corrected chi connectivity index (χ3v) is 3.07. The van der Waals surface area contributed by atoms with Crippen molar-refractivity contribution in [2.45, 2.75) is 19.8 Å². The van der Waals surface area contributed by atoms with E-state index in [-0.39, 0.29) is 5.91 Å². The molecule has 1 amide bonds. The SMILES string of the molecule is CC(C)c1ccccc1NC(=O)C=Cc1ccccc1. The van der Waals surface area contributed by atoms with Crippen LogP contribution in [-0.2, 0) is 4.79 Å². The van der Waals surface area contributed by atoms with Crippen molar-refractivity contribution in [1.29, 1.82) is 0 Å². The molecule has 0 aliphatic carbocycles. The van der Waals surface area contributed by atoms with Crippen LogP contribution < -0.4 is 5.32 Å². The van der Waals surface area contributed by atoms with E-state index in [9.17, 15) is 4.79 Å². The van der Waals surface area contributed by atoms with E-state index in [1.54, 1.807) is 6.08 Å². The lowest BCUT2D eigenvalue weighted by molar-refractivity contribution is -0.111. The molecule has 0 heterocycles. The summed E-state index contributed by atoms with van der Waals surface area (Å²) in [5, 5.41) is 2.94. The van der Waals surface area contributed by atoms with Gasteiger partial charge in [-0.15, -0.1) is 0 Å². The number of anilines is 1. The summed E-state index contributed by atoms with van der Waals surface area (Å²) in [6.45, 7) is 4.23. The van der Waals surface area contributed by atoms with Crippen molar-refractivity contribution >= 4 is 17.7 Å². The summed E-state index contributed by atoms with van der Waals surface area (Å²) in [5.74, 6) is 0.270. The van der Waals surface area contributed by atoms with Crippen molar-refractivity contribution in [2.24, 2.45) is 0 Å². The first-order valence-corrected chi connectivity index (χ1v) is 6.80. The van der Waals surface area contributed by atoms with Gasteiger partial charge < -0.3 is 5.32 Å². The maximum absolute atomic E-state index is 12.0. The van der Waals surface area contributed by atoms with E-state index in [1.165, 1.54) is 0 Å². The molecule has 102 valence electrons. The normalized spacial score (nSPS) is 10.9. The highest BCUT2D eigenvalue weighted by Gasteiger charge is 2.07. The molecule has 0 radical (unpaired) electrons. The minimum absolute atomic E-state index is 0.109. The van der Waals surface area contributed by atoms with Crippen molar-refractivity contribution in [3.63, 3.8) is 0 Å². The first kappa shape index (κ1) is 14.1. The highest BCUT2D eigenvalue weighted by Crippen LogP contribution is 2.23. The third kappa shape index (κ3) is 3.82. The molecule has 2 nitrogen and oxygen atoms in total. The van der Waals surface area contributed by atoms with Gasteiger partial charge in [-0.1, -0.05) is 62.4 Å². The molecule has 20 heavy (non-hydrogen) atoms. The second-order valence-electron chi connectivity index (χ2n) is 4.98. The standard InChI is InChI=1S/C18H19NO/c1-14(2)16-10-6-7-11-17(16)19-18(20)13-12-15-8-4-3-5-9-15/h3-14H,1-2H3,(H,19,20). The summed E-state index contributed by atoms with van der Waals surface area (Å²) in [7, 11) is 0. The number of para-hydroxylation sites is 1. The minimum Gasteiger partial charge on any atom is -0.322 e. The predicted molar refractivity (Wildman–Crippen MR) is 84.6 cm³/mol. The Morgan fingerprint density at radius 1 is 1.00 bits per heavy atom. The Labute approximate surface area is 120 Å². The van der Waals surface area contributed by atoms with Crippen LogP contribution in [0.15, 0.2) is 60.7 Å². The van der Waals surface area contributed by atoms with Gasteiger partial charge in [-0.2, -0.15) is 0 Å². The Hall–Kier alpha value is -2.35. The van der Waals surface area contributed by atoms with Crippen LogP contribution >= 0.6 is 0 Å². The van der Waals surface area contributed by atoms with E-state index in [0.29, 0.717) is 5.92 Å². The third-order valence-electron chi connectivity index (χ3n) is 3.07. The number of rotatable bonds is 4. The van der Waals surface area contributed by atoms with E-state index in [1.807, 2.05) is 60.7 Å². The quantitative estimate of drug-likeness (QED) is 0.812. The van der Waals surface area contributed by atoms with Crippen molar-refractivity contribution in [1.82, 2.24) is 0 Å². The molecular weight excluding hydrogens is 246 g/mol. The molecule has 0 aliphatic rings. The molecule has 2 rings (SSSR count). The van der Waals surface area contributed by atoms with Crippen molar-refractivity contribution in [2.75, 3.05) is 5.32 Å². The lowest BCUT2D eigenvalue weighted by Gasteiger charge is -2.12. The van der Waals surface area contributed by atoms with Gasteiger partial charge in [-0.25, -0.2) is 0 Å². The number of benzene rings is 2. The molecule has 0 bridgehead atoms. The summed E-state index contributed by atoms with van der Waals surface area (Å²) in [5.41, 5.74) is 3.04. The smallest absolute Gasteiger partial charge is 0.248 e. The fourth-order valence-corrected chi connectivity index (χ4v) is 2.02. The summed E-state index contributed by atoms with van der Waals surface area (Å²) in [6.07, 6.45) is 3.37. The monoisotopic (exact) mass is 265 g/mol. The van der Waals surface area contributed by atoms with Crippen LogP contribution in [0.25, 0.3) is 6.08 Å². The zero-order chi connectivity index (χ0) is 14.4. The van der Waals surface area contributed by atoms with Crippen LogP contribution in [0.3, 0.4) is 0 Å². The van der Waals surface area contributed by atoms with E-state index in [2.05, 4.69) is 19.2 Å². The summed E-state index contributed by atoms with van der Waals surface area (Å²) < 4.78 is 0. The summed E-state index contributed by atoms with van der Waals surface area (Å²) in [4.78, 5) is 12.0. The predicted octanol–water partition coefficient (Wildman–Crippen LogP) is 4.46. The molecule has 0 unspecified atom stereocenters. The van der Waals surface area contributed by atoms with Crippen LogP contribution in [0.1, 0.15) is 30.9 Å². The van der Waals surface area contributed by atoms with Gasteiger partial charge in [0.2, 0.25) is 5.91 Å². The van der Waals surface area contributed by atoms with Crippen LogP contribution in [-0.4, -0.2) is 5.91 Å². The van der Waals surface area contributed by atoms with Gasteiger partial charge >= 0.3 is 0 Å². The van der Waals surface area contributed by atoms with Crippen LogP contribution in [0, 0.1) is 0 Å². The van der Waals surface area contributed by atoms with E-state index < -0.39 is 0 Å². The zero-order valence-corrected chi connectivity index (χ0v) is 11.8. The summed E-state index contributed by atoms with van der Waals surface area (Å²) in [6, 6.07) is 17.7. The molecule has 2 aromatic rings. The van der Waals surface area contributed by atoms with Gasteiger partial charge in [0.15, 0.2) is 0 Å². The van der Waals surface area contributed by atoms with E-state index >= 15 is 0 Å². The summed E-state index contributed by atoms with van der Waals surface area (Å²) >= 11 is 0. The average Bonchev–Trinajstić information content (AvgIpc) is 2.46. The van der Waals surface area contributed by atoms with Gasteiger partial charge in [-0.3, -0.25) is 4.79 Å². The highest BCUT2D eigenvalue weighted by molar-refractivity contribution is 6.02. The molecule has 2 heteroatoms. The number of hydrogen-bond donors (Lipinski definition) is 1. The Kier molecular flexibility index (Phi) is 4.72. The van der Waals surface area contributed by atoms with Gasteiger partial charge in [0.1, 0.15) is 0 Å². The fraction of sp³-hybridized carbons (Fsp3) is 0.167. The van der Waals surface area contributed by atoms with Crippen LogP contribution in [0.2, 0.25) is 0 Å². The van der Waals surface area contributed by atoms with Gasteiger partial charge in [0.05, 0.1) is 0 Å². The van der Waals surface area contributed by atoms with Gasteiger partial charge in [-0.05, 0) is 29.2 Å². The maximum atomic E-state index is 12.0. The second kappa shape index (κ2) is 6.71. The topological polar surface area (TPSA) is 29.1 Å². The molecular formula is C18H19NO. The molecule has 2 aromatic carbocycles. The van der Waals surface area contributed by atoms with E-state index in [0.717, 1.165) is 16.8 Å². The molecule has 0 aliphatic heterocycles. The zero-order valence-electron chi connectivity index (χ0n) is 11.8. The lowest BCUT2D eigenvalue weighted by Crippen LogP contribution is -2.10. The second-order valence-corrected chi connectivity index (χ2v) is 4.98. The largest absolute Gasteiger partial charge is 0.322 e. The Bertz CT molecular complexity index is 600. The van der Waals surface area contributed by atoms with E-state index in [4.69, 9.17) is 0 Å². The van der Waals surface area contributed by atoms with Gasteiger partial charge in [0.25, 0.3) is 0 Å². The van der Waals surface area contributed by atoms with Crippen molar-refractivity contribution in [3.8, 4) is 0 Å². The van der Waals surface area contributed by atoms with Gasteiger partial charge in [0, 0.05) is 11.8 Å². The maximum Gasteiger partial charge on any atom is 0.248 e. The van der Waals surface area contributed by atoms with Crippen LogP contribution in [0.5, 0.6) is 0 Å². The van der Waals surface area contributed by atoms with Crippen molar-refractivity contribution in [3.05, 3.63) is 71.8 Å². The molecule has 0 fully saturated rings. The highest BCUT2D eigenvalue weighted by atomic mass is 16.1. The number of amides is 1. The molecule has 0 spiro atoms. The number of hydrogen-bond acceptors (Lipinski definition) is 1. The molecule has 0 aromatic heterocycles. The number of nitrogens with one attached hydrogen (secondary N) is 1. The molecule has 0 saturated carbocycles. The minimum atomic E-state index is -0.109. The lowest BCUT2D eigenvalue weighted by atomic mass is 10.0. The Morgan fingerprint density at radius 2 is 1.65 bits per heavy atom. The average molecular weight is 265 g/mol. The molecule has 1 N–H and O–H groups in total. The van der Waals surface area contributed by atoms with Crippen molar-refractivity contribution < 1.29 is 4.79 Å². The van der Waals surface area contributed by atoms with Crippen LogP contribution in [0.4, 0.5) is 5.69 Å². The molecule has 0 atom stereocenters. The Balaban J connectivity index is 2.07. The molecule has 0 saturated heterocycles.